The van der Waals surface area contributed by atoms with Crippen LogP contribution < -0.4 is 0 Å². The number of carbonyl (C=O) groups is 1. The van der Waals surface area contributed by atoms with Gasteiger partial charge in [-0.2, -0.15) is 0 Å². The van der Waals surface area contributed by atoms with Crippen molar-refractivity contribution in [3.8, 4) is 0 Å². The average molecular weight is 196 g/mol. The van der Waals surface area contributed by atoms with Gasteiger partial charge in [0.1, 0.15) is 0 Å². The lowest BCUT2D eigenvalue weighted by atomic mass is 9.86. The maximum Gasteiger partial charge on any atom is 0.219 e. The normalized spacial score (nSPS) is 32.7. The van der Waals surface area contributed by atoms with Crippen LogP contribution in [0.3, 0.4) is 0 Å². The first-order valence-corrected chi connectivity index (χ1v) is 5.42. The van der Waals surface area contributed by atoms with E-state index in [1.807, 2.05) is 4.90 Å². The number of nitrogens with zero attached hydrogens (tertiary/aromatic N) is 2. The monoisotopic (exact) mass is 196 g/mol. The summed E-state index contributed by atoms with van der Waals surface area (Å²) in [4.78, 5) is 15.7. The van der Waals surface area contributed by atoms with Gasteiger partial charge in [-0.3, -0.25) is 9.69 Å². The third-order valence-electron chi connectivity index (χ3n) is 3.54. The predicted molar refractivity (Wildman–Crippen MR) is 56.0 cm³/mol. The van der Waals surface area contributed by atoms with Crippen LogP contribution in [-0.4, -0.2) is 46.9 Å². The summed E-state index contributed by atoms with van der Waals surface area (Å²) in [6.07, 6.45) is 0. The lowest BCUT2D eigenvalue weighted by molar-refractivity contribution is -0.127. The summed E-state index contributed by atoms with van der Waals surface area (Å²) < 4.78 is 0. The highest BCUT2D eigenvalue weighted by Gasteiger charge is 2.49. The van der Waals surface area contributed by atoms with E-state index in [-0.39, 0.29) is 11.4 Å². The van der Waals surface area contributed by atoms with Crippen molar-refractivity contribution in [2.75, 3.05) is 19.6 Å². The van der Waals surface area contributed by atoms with Crippen LogP contribution >= 0.6 is 0 Å². The van der Waals surface area contributed by atoms with Gasteiger partial charge in [0.05, 0.1) is 0 Å². The molecular weight excluding hydrogens is 176 g/mol. The molecule has 0 aromatic rings. The molecule has 0 saturated carbocycles. The molecule has 80 valence electrons. The first kappa shape index (κ1) is 9.97. The van der Waals surface area contributed by atoms with Gasteiger partial charge in [0, 0.05) is 44.1 Å². The van der Waals surface area contributed by atoms with Crippen LogP contribution in [0.5, 0.6) is 0 Å². The standard InChI is InChI=1S/C11H20N2O/c1-8(14)12-5-9-6-13(10(9)7-12)11(2,3)4/h9-10H,5-7H2,1-4H3. The molecule has 14 heavy (non-hydrogen) atoms. The number of carbonyl (C=O) groups excluding carboxylic acids is 1. The summed E-state index contributed by atoms with van der Waals surface area (Å²) in [6.45, 7) is 11.5. The SMILES string of the molecule is CC(=O)N1CC2CN(C(C)(C)C)C2C1. The van der Waals surface area contributed by atoms with E-state index in [2.05, 4.69) is 25.7 Å². The quantitative estimate of drug-likeness (QED) is 0.576. The Morgan fingerprint density at radius 3 is 2.36 bits per heavy atom. The fourth-order valence-electron chi connectivity index (χ4n) is 2.67. The molecule has 0 aromatic carbocycles. The highest BCUT2D eigenvalue weighted by molar-refractivity contribution is 5.73. The molecule has 2 fully saturated rings. The summed E-state index contributed by atoms with van der Waals surface area (Å²) in [5.41, 5.74) is 0.258. The van der Waals surface area contributed by atoms with Crippen LogP contribution in [0, 0.1) is 5.92 Å². The maximum absolute atomic E-state index is 11.2. The molecule has 0 spiro atoms. The van der Waals surface area contributed by atoms with E-state index >= 15 is 0 Å². The fourth-order valence-corrected chi connectivity index (χ4v) is 2.67. The van der Waals surface area contributed by atoms with Gasteiger partial charge in [0.2, 0.25) is 5.91 Å². The molecule has 0 aromatic heterocycles. The van der Waals surface area contributed by atoms with Crippen LogP contribution in [0.15, 0.2) is 0 Å². The van der Waals surface area contributed by atoms with Crippen molar-refractivity contribution in [1.82, 2.24) is 9.80 Å². The summed E-state index contributed by atoms with van der Waals surface area (Å²) in [5.74, 6) is 0.964. The first-order chi connectivity index (χ1) is 6.39. The number of likely N-dealkylation sites (tertiary alicyclic amines) is 2. The van der Waals surface area contributed by atoms with E-state index in [0.717, 1.165) is 25.6 Å². The zero-order valence-electron chi connectivity index (χ0n) is 9.58. The average Bonchev–Trinajstić information content (AvgIpc) is 2.25. The Labute approximate surface area is 86.1 Å². The minimum absolute atomic E-state index is 0.230. The molecule has 2 unspecified atom stereocenters. The van der Waals surface area contributed by atoms with Gasteiger partial charge in [-0.25, -0.2) is 0 Å². The Balaban J connectivity index is 1.99. The predicted octanol–water partition coefficient (Wildman–Crippen LogP) is 0.947. The Morgan fingerprint density at radius 2 is 1.86 bits per heavy atom. The van der Waals surface area contributed by atoms with Gasteiger partial charge in [-0.05, 0) is 20.8 Å². The minimum atomic E-state index is 0.230. The van der Waals surface area contributed by atoms with Gasteiger partial charge in [-0.15, -0.1) is 0 Å². The van der Waals surface area contributed by atoms with E-state index in [4.69, 9.17) is 0 Å². The molecule has 0 bridgehead atoms. The van der Waals surface area contributed by atoms with Crippen LogP contribution in [0.4, 0.5) is 0 Å². The van der Waals surface area contributed by atoms with Gasteiger partial charge >= 0.3 is 0 Å². The largest absolute Gasteiger partial charge is 0.341 e. The molecule has 2 saturated heterocycles. The third-order valence-corrected chi connectivity index (χ3v) is 3.54. The number of rotatable bonds is 0. The zero-order chi connectivity index (χ0) is 10.5. The smallest absolute Gasteiger partial charge is 0.219 e. The molecule has 0 aliphatic carbocycles. The van der Waals surface area contributed by atoms with Crippen molar-refractivity contribution >= 4 is 5.91 Å². The van der Waals surface area contributed by atoms with Crippen LogP contribution in [0.1, 0.15) is 27.7 Å². The lowest BCUT2D eigenvalue weighted by Crippen LogP contribution is -2.62. The summed E-state index contributed by atoms with van der Waals surface area (Å²) in [6, 6.07) is 0.624. The highest BCUT2D eigenvalue weighted by atomic mass is 16.2. The van der Waals surface area contributed by atoms with Crippen molar-refractivity contribution in [3.63, 3.8) is 0 Å². The van der Waals surface area contributed by atoms with E-state index in [1.54, 1.807) is 6.92 Å². The van der Waals surface area contributed by atoms with Gasteiger partial charge in [0.15, 0.2) is 0 Å². The molecule has 2 aliphatic rings. The van der Waals surface area contributed by atoms with Crippen molar-refractivity contribution in [2.45, 2.75) is 39.3 Å². The van der Waals surface area contributed by atoms with Crippen molar-refractivity contribution in [2.24, 2.45) is 5.92 Å². The van der Waals surface area contributed by atoms with E-state index in [0.29, 0.717) is 6.04 Å². The summed E-state index contributed by atoms with van der Waals surface area (Å²) in [5, 5.41) is 0. The molecule has 2 aliphatic heterocycles. The topological polar surface area (TPSA) is 23.6 Å². The van der Waals surface area contributed by atoms with Gasteiger partial charge in [0.25, 0.3) is 0 Å². The second kappa shape index (κ2) is 2.96. The maximum atomic E-state index is 11.2. The highest BCUT2D eigenvalue weighted by Crippen LogP contribution is 2.37. The number of hydrogen-bond donors (Lipinski definition) is 0. The Bertz CT molecular complexity index is 257. The van der Waals surface area contributed by atoms with Crippen LogP contribution in [-0.2, 0) is 4.79 Å². The zero-order valence-corrected chi connectivity index (χ0v) is 9.58. The number of hydrogen-bond acceptors (Lipinski definition) is 2. The minimum Gasteiger partial charge on any atom is -0.341 e. The lowest BCUT2D eigenvalue weighted by Gasteiger charge is -2.51. The Morgan fingerprint density at radius 1 is 1.21 bits per heavy atom. The van der Waals surface area contributed by atoms with E-state index < -0.39 is 0 Å². The van der Waals surface area contributed by atoms with Gasteiger partial charge < -0.3 is 4.90 Å². The number of amides is 1. The molecule has 1 amide bonds. The number of fused-ring (bicyclic) bond motifs is 1. The molecular formula is C11H20N2O. The second-order valence-electron chi connectivity index (χ2n) is 5.57. The van der Waals surface area contributed by atoms with E-state index in [1.165, 1.54) is 0 Å². The van der Waals surface area contributed by atoms with Crippen molar-refractivity contribution in [1.29, 1.82) is 0 Å². The third kappa shape index (κ3) is 1.44. The molecule has 0 N–H and O–H groups in total. The molecule has 2 rings (SSSR count). The van der Waals surface area contributed by atoms with Crippen LogP contribution in [0.2, 0.25) is 0 Å². The van der Waals surface area contributed by atoms with E-state index in [9.17, 15) is 4.79 Å². The molecule has 2 heterocycles. The Hall–Kier alpha value is -0.570. The molecule has 3 nitrogen and oxygen atoms in total. The second-order valence-corrected chi connectivity index (χ2v) is 5.57. The summed E-state index contributed by atoms with van der Waals surface area (Å²) >= 11 is 0. The Kier molecular flexibility index (Phi) is 2.11. The molecule has 3 heteroatoms. The first-order valence-electron chi connectivity index (χ1n) is 5.42. The molecule has 0 radical (unpaired) electrons. The fraction of sp³-hybridized carbons (Fsp3) is 0.909. The van der Waals surface area contributed by atoms with Gasteiger partial charge in [-0.1, -0.05) is 0 Å². The molecule has 2 atom stereocenters. The van der Waals surface area contributed by atoms with Crippen molar-refractivity contribution in [3.05, 3.63) is 0 Å². The van der Waals surface area contributed by atoms with Crippen molar-refractivity contribution < 1.29 is 4.79 Å². The van der Waals surface area contributed by atoms with Crippen LogP contribution in [0.25, 0.3) is 0 Å². The summed E-state index contributed by atoms with van der Waals surface area (Å²) in [7, 11) is 0.